The van der Waals surface area contributed by atoms with Gasteiger partial charge >= 0.3 is 0 Å². The molecular weight excluding hydrogens is 542 g/mol. The van der Waals surface area contributed by atoms with Crippen molar-refractivity contribution >= 4 is 29.0 Å². The maximum absolute atomic E-state index is 14.8. The summed E-state index contributed by atoms with van der Waals surface area (Å²) in [6.45, 7) is 5.62. The molecule has 0 aliphatic heterocycles. The molecule has 1 aliphatic carbocycles. The number of methoxy groups -OCH3 is 1. The van der Waals surface area contributed by atoms with Gasteiger partial charge < -0.3 is 20.7 Å². The lowest BCUT2D eigenvalue weighted by Gasteiger charge is -2.30. The summed E-state index contributed by atoms with van der Waals surface area (Å²) in [5.41, 5.74) is 2.86. The zero-order valence-corrected chi connectivity index (χ0v) is 24.0. The van der Waals surface area contributed by atoms with Crippen LogP contribution in [0, 0.1) is 24.5 Å². The molecule has 1 saturated carbocycles. The third-order valence-electron chi connectivity index (χ3n) is 7.64. The van der Waals surface area contributed by atoms with Gasteiger partial charge in [0.25, 0.3) is 5.91 Å². The van der Waals surface area contributed by atoms with Crippen molar-refractivity contribution in [3.05, 3.63) is 71.7 Å². The highest BCUT2D eigenvalue weighted by Crippen LogP contribution is 2.31. The first-order valence-corrected chi connectivity index (χ1v) is 14.0. The van der Waals surface area contributed by atoms with Crippen LogP contribution in [0.3, 0.4) is 0 Å². The van der Waals surface area contributed by atoms with Crippen LogP contribution < -0.4 is 20.7 Å². The highest BCUT2D eigenvalue weighted by atomic mass is 19.2. The molecule has 0 radical (unpaired) electrons. The number of nitrogens with zero attached hydrogens (tertiary/aromatic N) is 3. The lowest BCUT2D eigenvalue weighted by Crippen LogP contribution is -2.44. The van der Waals surface area contributed by atoms with Gasteiger partial charge in [-0.15, -0.1) is 0 Å². The van der Waals surface area contributed by atoms with Crippen LogP contribution in [0.2, 0.25) is 0 Å². The Kier molecular flexibility index (Phi) is 8.37. The number of hydrogen-bond donors (Lipinski definition) is 3. The Labute approximate surface area is 242 Å². The van der Waals surface area contributed by atoms with Gasteiger partial charge in [0.05, 0.1) is 19.0 Å². The van der Waals surface area contributed by atoms with Crippen molar-refractivity contribution in [3.8, 4) is 17.0 Å². The Morgan fingerprint density at radius 3 is 2.38 bits per heavy atom. The van der Waals surface area contributed by atoms with E-state index in [9.17, 15) is 18.4 Å². The van der Waals surface area contributed by atoms with E-state index in [0.29, 0.717) is 28.4 Å². The average molecular weight is 577 g/mol. The monoisotopic (exact) mass is 576 g/mol. The van der Waals surface area contributed by atoms with Crippen molar-refractivity contribution in [3.63, 3.8) is 0 Å². The minimum absolute atomic E-state index is 0.0398. The minimum Gasteiger partial charge on any atom is -0.494 e. The van der Waals surface area contributed by atoms with Crippen LogP contribution in [0.4, 0.5) is 20.3 Å². The first kappa shape index (κ1) is 29.0. The molecule has 2 amide bonds. The van der Waals surface area contributed by atoms with Crippen molar-refractivity contribution < 1.29 is 23.1 Å². The van der Waals surface area contributed by atoms with E-state index in [1.165, 1.54) is 31.6 Å². The van der Waals surface area contributed by atoms with Crippen LogP contribution in [0.15, 0.2) is 48.9 Å². The quantitative estimate of drug-likeness (QED) is 0.254. The lowest BCUT2D eigenvalue weighted by molar-refractivity contribution is -0.124. The van der Waals surface area contributed by atoms with Gasteiger partial charge in [-0.2, -0.15) is 4.39 Å². The van der Waals surface area contributed by atoms with E-state index in [-0.39, 0.29) is 41.1 Å². The zero-order chi connectivity index (χ0) is 30.0. The van der Waals surface area contributed by atoms with Crippen molar-refractivity contribution in [1.82, 2.24) is 25.0 Å². The van der Waals surface area contributed by atoms with Crippen LogP contribution in [0.5, 0.6) is 5.75 Å². The summed E-state index contributed by atoms with van der Waals surface area (Å²) in [6.07, 6.45) is 7.89. The van der Waals surface area contributed by atoms with Gasteiger partial charge in [0.15, 0.2) is 23.0 Å². The first-order chi connectivity index (χ1) is 20.2. The average Bonchev–Trinajstić information content (AvgIpc) is 3.40. The van der Waals surface area contributed by atoms with Crippen LogP contribution in [-0.2, 0) is 4.79 Å². The topological polar surface area (TPSA) is 110 Å². The summed E-state index contributed by atoms with van der Waals surface area (Å²) in [6, 6.07) is 8.41. The highest BCUT2D eigenvalue weighted by molar-refractivity contribution is 5.96. The molecule has 42 heavy (non-hydrogen) atoms. The summed E-state index contributed by atoms with van der Waals surface area (Å²) in [5.74, 6) is -1.98. The van der Waals surface area contributed by atoms with Gasteiger partial charge in [-0.3, -0.25) is 14.0 Å². The summed E-state index contributed by atoms with van der Waals surface area (Å²) >= 11 is 0. The van der Waals surface area contributed by atoms with Crippen LogP contribution >= 0.6 is 0 Å². The molecule has 0 spiro atoms. The summed E-state index contributed by atoms with van der Waals surface area (Å²) in [5, 5.41) is 9.44. The fourth-order valence-electron chi connectivity index (χ4n) is 5.24. The Balaban J connectivity index is 1.27. The number of rotatable bonds is 8. The second-order valence-electron chi connectivity index (χ2n) is 10.9. The largest absolute Gasteiger partial charge is 0.494 e. The molecule has 11 heteroatoms. The second kappa shape index (κ2) is 12.1. The number of aromatic nitrogens is 3. The van der Waals surface area contributed by atoms with Gasteiger partial charge in [0.2, 0.25) is 11.7 Å². The van der Waals surface area contributed by atoms with Crippen molar-refractivity contribution in [2.45, 2.75) is 58.5 Å². The Morgan fingerprint density at radius 2 is 1.71 bits per heavy atom. The number of amides is 2. The van der Waals surface area contributed by atoms with E-state index in [1.807, 2.05) is 26.8 Å². The van der Waals surface area contributed by atoms with E-state index < -0.39 is 11.6 Å². The van der Waals surface area contributed by atoms with Crippen molar-refractivity contribution in [2.75, 3.05) is 12.4 Å². The van der Waals surface area contributed by atoms with E-state index in [1.54, 1.807) is 22.7 Å². The molecule has 9 nitrogen and oxygen atoms in total. The molecule has 2 aromatic carbocycles. The molecule has 0 bridgehead atoms. The van der Waals surface area contributed by atoms with Gasteiger partial charge in [-0.05, 0) is 68.5 Å². The fraction of sp³-hybridized carbons (Fsp3) is 0.355. The maximum Gasteiger partial charge on any atom is 0.251 e. The van der Waals surface area contributed by atoms with Crippen molar-refractivity contribution in [2.24, 2.45) is 5.92 Å². The number of carbonyl (C=O) groups is 2. The molecule has 2 aromatic heterocycles. The normalized spacial score (nSPS) is 16.8. The van der Waals surface area contributed by atoms with Gasteiger partial charge in [-0.25, -0.2) is 14.4 Å². The van der Waals surface area contributed by atoms with E-state index >= 15 is 0 Å². The molecule has 220 valence electrons. The summed E-state index contributed by atoms with van der Waals surface area (Å²) < 4.78 is 35.7. The molecule has 2 heterocycles. The number of benzene rings is 2. The molecule has 4 aromatic rings. The van der Waals surface area contributed by atoms with Crippen LogP contribution in [0.25, 0.3) is 16.9 Å². The standard InChI is InChI=1S/C31H34F2N6O3/c1-17(2)30(40)37-19-5-7-20(8-6-19)38-31(41)22-10-9-21(15-18(22)3)36-28-29-35-16-24(39(29)14-13-34-28)23-11-12-25(42-4)27(33)26(23)32/h9-17,19-20H,5-8H2,1-4H3,(H,34,36)(H,37,40)(H,38,41). The predicted molar refractivity (Wildman–Crippen MR) is 156 cm³/mol. The Bertz CT molecular complexity index is 1630. The zero-order valence-electron chi connectivity index (χ0n) is 24.0. The third-order valence-corrected chi connectivity index (χ3v) is 7.64. The Morgan fingerprint density at radius 1 is 1.00 bits per heavy atom. The third kappa shape index (κ3) is 5.90. The van der Waals surface area contributed by atoms with Gasteiger partial charge in [0, 0.05) is 47.2 Å². The van der Waals surface area contributed by atoms with Gasteiger partial charge in [-0.1, -0.05) is 13.8 Å². The molecule has 0 saturated heterocycles. The number of carbonyl (C=O) groups excluding carboxylic acids is 2. The Hall–Kier alpha value is -4.54. The molecule has 3 N–H and O–H groups in total. The molecular formula is C31H34F2N6O3. The number of ether oxygens (including phenoxy) is 1. The molecule has 5 rings (SSSR count). The second-order valence-corrected chi connectivity index (χ2v) is 10.9. The maximum atomic E-state index is 14.8. The fourth-order valence-corrected chi connectivity index (χ4v) is 5.24. The number of aryl methyl sites for hydroxylation is 1. The molecule has 1 fully saturated rings. The van der Waals surface area contributed by atoms with E-state index in [2.05, 4.69) is 25.9 Å². The highest BCUT2D eigenvalue weighted by Gasteiger charge is 2.25. The van der Waals surface area contributed by atoms with Crippen LogP contribution in [-0.4, -0.2) is 45.4 Å². The molecule has 0 atom stereocenters. The van der Waals surface area contributed by atoms with Crippen molar-refractivity contribution in [1.29, 1.82) is 0 Å². The minimum atomic E-state index is -1.07. The number of imidazole rings is 1. The van der Waals surface area contributed by atoms with E-state index in [0.717, 1.165) is 31.2 Å². The number of hydrogen-bond acceptors (Lipinski definition) is 6. The predicted octanol–water partition coefficient (Wildman–Crippen LogP) is 5.55. The SMILES string of the molecule is COc1ccc(-c2cnc3c(Nc4ccc(C(=O)NC5CCC(NC(=O)C(C)C)CC5)c(C)c4)nccn23)c(F)c1F. The summed E-state index contributed by atoms with van der Waals surface area (Å²) in [7, 11) is 1.28. The van der Waals surface area contributed by atoms with Gasteiger partial charge in [0.1, 0.15) is 0 Å². The number of anilines is 2. The number of fused-ring (bicyclic) bond motifs is 1. The number of nitrogens with one attached hydrogen (secondary N) is 3. The van der Waals surface area contributed by atoms with E-state index in [4.69, 9.17) is 4.74 Å². The molecule has 0 unspecified atom stereocenters. The smallest absolute Gasteiger partial charge is 0.251 e. The van der Waals surface area contributed by atoms with Crippen LogP contribution in [0.1, 0.15) is 55.5 Å². The molecule has 1 aliphatic rings. The lowest BCUT2D eigenvalue weighted by atomic mass is 9.90. The number of halogens is 2. The first-order valence-electron chi connectivity index (χ1n) is 14.0. The summed E-state index contributed by atoms with van der Waals surface area (Å²) in [4.78, 5) is 33.8.